The number of nitrogens with zero attached hydrogens (tertiary/aromatic N) is 2. The van der Waals surface area contributed by atoms with Crippen molar-refractivity contribution in [1.29, 1.82) is 0 Å². The number of hydrogen-bond donors (Lipinski definition) is 2. The summed E-state index contributed by atoms with van der Waals surface area (Å²) < 4.78 is 45.2. The smallest absolute Gasteiger partial charge is 0.416 e. The quantitative estimate of drug-likeness (QED) is 0.149. The van der Waals surface area contributed by atoms with Crippen LogP contribution in [0.2, 0.25) is 5.02 Å². The van der Waals surface area contributed by atoms with Crippen molar-refractivity contribution in [2.75, 3.05) is 5.32 Å². The maximum atomic E-state index is 12.9. The van der Waals surface area contributed by atoms with E-state index in [0.29, 0.717) is 32.7 Å². The first-order chi connectivity index (χ1) is 18.2. The van der Waals surface area contributed by atoms with Gasteiger partial charge in [0.1, 0.15) is 12.4 Å². The third-order valence-electron chi connectivity index (χ3n) is 5.03. The molecule has 4 rings (SSSR count). The van der Waals surface area contributed by atoms with E-state index < -0.39 is 17.6 Å². The predicted molar refractivity (Wildman–Crippen MR) is 146 cm³/mol. The molecule has 0 radical (unpaired) electrons. The minimum atomic E-state index is -4.44. The molecule has 0 atom stereocenters. The molecule has 1 amide bonds. The summed E-state index contributed by atoms with van der Waals surface area (Å²) in [6, 6.07) is 17.6. The molecular weight excluding hydrogens is 605 g/mol. The second-order valence-corrected chi connectivity index (χ2v) is 10.0. The first-order valence-electron chi connectivity index (χ1n) is 11.0. The van der Waals surface area contributed by atoms with Gasteiger partial charge in [-0.3, -0.25) is 4.79 Å². The summed E-state index contributed by atoms with van der Waals surface area (Å²) in [5.74, 6) is 0.236. The van der Waals surface area contributed by atoms with Gasteiger partial charge < -0.3 is 10.1 Å². The molecule has 1 aromatic heterocycles. The van der Waals surface area contributed by atoms with Crippen LogP contribution >= 0.6 is 38.9 Å². The van der Waals surface area contributed by atoms with Gasteiger partial charge in [-0.1, -0.05) is 35.9 Å². The fourth-order valence-electron chi connectivity index (χ4n) is 3.21. The van der Waals surface area contributed by atoms with E-state index in [0.717, 1.165) is 23.3 Å². The van der Waals surface area contributed by atoms with Crippen LogP contribution in [-0.2, 0) is 24.0 Å². The van der Waals surface area contributed by atoms with Gasteiger partial charge in [0.15, 0.2) is 5.13 Å². The summed E-state index contributed by atoms with van der Waals surface area (Å²) in [6.07, 6.45) is -2.99. The molecule has 0 saturated heterocycles. The van der Waals surface area contributed by atoms with Crippen LogP contribution in [0.1, 0.15) is 22.4 Å². The number of carbonyl (C=O) groups is 1. The molecule has 2 N–H and O–H groups in total. The van der Waals surface area contributed by atoms with E-state index in [1.54, 1.807) is 29.6 Å². The summed E-state index contributed by atoms with van der Waals surface area (Å²) in [5, 5.41) is 9.45. The molecule has 0 fully saturated rings. The van der Waals surface area contributed by atoms with Gasteiger partial charge in [-0.15, -0.1) is 11.3 Å². The molecule has 0 unspecified atom stereocenters. The zero-order valence-electron chi connectivity index (χ0n) is 19.4. The van der Waals surface area contributed by atoms with Crippen molar-refractivity contribution in [3.05, 3.63) is 104 Å². The Morgan fingerprint density at radius 2 is 1.95 bits per heavy atom. The highest BCUT2D eigenvalue weighted by Crippen LogP contribution is 2.32. The lowest BCUT2D eigenvalue weighted by Gasteiger charge is -2.10. The number of hydrogen-bond acceptors (Lipinski definition) is 6. The van der Waals surface area contributed by atoms with E-state index in [9.17, 15) is 18.0 Å². The Balaban J connectivity index is 1.27. The number of hydrazone groups is 1. The summed E-state index contributed by atoms with van der Waals surface area (Å²) in [6.45, 7) is 0.315. The number of nitrogens with one attached hydrogen (secondary N) is 2. The number of aromatic nitrogens is 1. The molecular formula is C26H19BrClF3N4O2S. The average molecular weight is 624 g/mol. The molecule has 4 aromatic rings. The minimum absolute atomic E-state index is 0.0450. The van der Waals surface area contributed by atoms with Crippen LogP contribution in [0.15, 0.2) is 81.7 Å². The molecule has 0 saturated carbocycles. The SMILES string of the molecule is O=C(Cc1csc(Nc2cccc(C(F)(F)F)c2)n1)N/N=C\c1ccc(OCc2ccccc2Cl)c(Br)c1. The van der Waals surface area contributed by atoms with Crippen molar-refractivity contribution in [3.8, 4) is 5.75 Å². The first kappa shape index (κ1) is 27.6. The molecule has 6 nitrogen and oxygen atoms in total. The molecule has 38 heavy (non-hydrogen) atoms. The van der Waals surface area contributed by atoms with Gasteiger partial charge in [0.25, 0.3) is 0 Å². The van der Waals surface area contributed by atoms with Crippen LogP contribution in [-0.4, -0.2) is 17.1 Å². The Hall–Kier alpha value is -3.41. The molecule has 12 heteroatoms. The van der Waals surface area contributed by atoms with E-state index in [-0.39, 0.29) is 12.1 Å². The van der Waals surface area contributed by atoms with Gasteiger partial charge in [-0.25, -0.2) is 10.4 Å². The van der Waals surface area contributed by atoms with Crippen molar-refractivity contribution in [2.45, 2.75) is 19.2 Å². The Kier molecular flexibility index (Phi) is 9.03. The van der Waals surface area contributed by atoms with E-state index in [1.807, 2.05) is 18.2 Å². The van der Waals surface area contributed by atoms with Crippen molar-refractivity contribution in [3.63, 3.8) is 0 Å². The van der Waals surface area contributed by atoms with Crippen LogP contribution in [0.5, 0.6) is 5.75 Å². The molecule has 3 aromatic carbocycles. The van der Waals surface area contributed by atoms with Gasteiger partial charge in [-0.05, 0) is 64.0 Å². The van der Waals surface area contributed by atoms with Crippen LogP contribution in [0.25, 0.3) is 0 Å². The number of rotatable bonds is 9. The molecule has 0 aliphatic heterocycles. The number of benzene rings is 3. The van der Waals surface area contributed by atoms with Crippen molar-refractivity contribution >= 4 is 61.8 Å². The topological polar surface area (TPSA) is 75.6 Å². The lowest BCUT2D eigenvalue weighted by molar-refractivity contribution is -0.137. The average Bonchev–Trinajstić information content (AvgIpc) is 3.30. The van der Waals surface area contributed by atoms with Gasteiger partial charge >= 0.3 is 6.18 Å². The number of amides is 1. The fourth-order valence-corrected chi connectivity index (χ4v) is 4.64. The molecule has 196 valence electrons. The second kappa shape index (κ2) is 12.4. The largest absolute Gasteiger partial charge is 0.488 e. The first-order valence-corrected chi connectivity index (χ1v) is 13.1. The molecule has 0 spiro atoms. The molecule has 0 aliphatic carbocycles. The van der Waals surface area contributed by atoms with Gasteiger partial charge in [-0.2, -0.15) is 18.3 Å². The Morgan fingerprint density at radius 1 is 1.13 bits per heavy atom. The van der Waals surface area contributed by atoms with Gasteiger partial charge in [0.2, 0.25) is 5.91 Å². The Bertz CT molecular complexity index is 1460. The van der Waals surface area contributed by atoms with Crippen LogP contribution in [0, 0.1) is 0 Å². The van der Waals surface area contributed by atoms with Crippen LogP contribution in [0.3, 0.4) is 0 Å². The summed E-state index contributed by atoms with van der Waals surface area (Å²) in [5.41, 5.74) is 3.98. The zero-order chi connectivity index (χ0) is 27.1. The van der Waals surface area contributed by atoms with E-state index in [2.05, 4.69) is 36.8 Å². The number of anilines is 2. The highest BCUT2D eigenvalue weighted by molar-refractivity contribution is 9.10. The summed E-state index contributed by atoms with van der Waals surface area (Å²) in [7, 11) is 0. The second-order valence-electron chi connectivity index (χ2n) is 7.89. The maximum absolute atomic E-state index is 12.9. The predicted octanol–water partition coefficient (Wildman–Crippen LogP) is 7.59. The molecule has 1 heterocycles. The van der Waals surface area contributed by atoms with Gasteiger partial charge in [0.05, 0.1) is 28.4 Å². The van der Waals surface area contributed by atoms with E-state index >= 15 is 0 Å². The van der Waals surface area contributed by atoms with Crippen LogP contribution in [0.4, 0.5) is 24.0 Å². The number of halogens is 5. The van der Waals surface area contributed by atoms with Gasteiger partial charge in [0, 0.05) is 21.7 Å². The number of thiazole rings is 1. The highest BCUT2D eigenvalue weighted by atomic mass is 79.9. The zero-order valence-corrected chi connectivity index (χ0v) is 22.6. The monoisotopic (exact) mass is 622 g/mol. The Labute approximate surface area is 233 Å². The Morgan fingerprint density at radius 3 is 2.71 bits per heavy atom. The minimum Gasteiger partial charge on any atom is -0.488 e. The standard InChI is InChI=1S/C26H19BrClF3N4O2S/c27-21-10-16(8-9-23(21)37-14-17-4-1-2-7-22(17)28)13-32-35-24(36)12-20-15-38-25(34-20)33-19-6-3-5-18(11-19)26(29,30)31/h1-11,13,15H,12,14H2,(H,33,34)(H,35,36)/b32-13-. The number of carbonyl (C=O) groups excluding carboxylic acids is 1. The van der Waals surface area contributed by atoms with Crippen molar-refractivity contribution < 1.29 is 22.7 Å². The number of alkyl halides is 3. The normalized spacial score (nSPS) is 11.5. The summed E-state index contributed by atoms with van der Waals surface area (Å²) >= 11 is 10.8. The van der Waals surface area contributed by atoms with Crippen LogP contribution < -0.4 is 15.5 Å². The molecule has 0 aliphatic rings. The third kappa shape index (κ3) is 7.80. The lowest BCUT2D eigenvalue weighted by atomic mass is 10.2. The fraction of sp³-hybridized carbons (Fsp3) is 0.115. The lowest BCUT2D eigenvalue weighted by Crippen LogP contribution is -2.19. The van der Waals surface area contributed by atoms with Crippen molar-refractivity contribution in [2.24, 2.45) is 5.10 Å². The van der Waals surface area contributed by atoms with E-state index in [1.165, 1.54) is 29.7 Å². The third-order valence-corrected chi connectivity index (χ3v) is 6.83. The van der Waals surface area contributed by atoms with E-state index in [4.69, 9.17) is 16.3 Å². The maximum Gasteiger partial charge on any atom is 0.416 e. The number of ether oxygens (including phenoxy) is 1. The molecule has 0 bridgehead atoms. The van der Waals surface area contributed by atoms with Crippen molar-refractivity contribution in [1.82, 2.24) is 10.4 Å². The summed E-state index contributed by atoms with van der Waals surface area (Å²) in [4.78, 5) is 16.5. The highest BCUT2D eigenvalue weighted by Gasteiger charge is 2.30.